The quantitative estimate of drug-likeness (QED) is 0.336. The molecule has 0 spiro atoms. The predicted molar refractivity (Wildman–Crippen MR) is 130 cm³/mol. The molecule has 0 atom stereocenters. The SMILES string of the molecule is CN1CC=CC=C1C(F)(F)CNc1ncc(Cl)n(CC(=O)NCc2ncccc2SCC(F)(F)F)c1=O. The van der Waals surface area contributed by atoms with Crippen LogP contribution in [0.2, 0.25) is 5.15 Å². The van der Waals surface area contributed by atoms with Crippen molar-refractivity contribution in [2.75, 3.05) is 31.2 Å². The maximum atomic E-state index is 14.7. The molecule has 3 rings (SSSR count). The van der Waals surface area contributed by atoms with Crippen molar-refractivity contribution in [2.24, 2.45) is 0 Å². The third-order valence-electron chi connectivity index (χ3n) is 5.03. The first-order valence-corrected chi connectivity index (χ1v) is 12.1. The molecule has 3 heterocycles. The van der Waals surface area contributed by atoms with Crippen molar-refractivity contribution in [3.8, 4) is 0 Å². The van der Waals surface area contributed by atoms with E-state index in [4.69, 9.17) is 11.6 Å². The number of nitrogens with zero attached hydrogens (tertiary/aromatic N) is 4. The zero-order chi connectivity index (χ0) is 27.2. The summed E-state index contributed by atoms with van der Waals surface area (Å²) in [4.78, 5) is 34.6. The highest BCUT2D eigenvalue weighted by Gasteiger charge is 2.37. The van der Waals surface area contributed by atoms with Crippen LogP contribution in [0.1, 0.15) is 5.69 Å². The number of thioether (sulfide) groups is 1. The number of carbonyl (C=O) groups excluding carboxylic acids is 1. The van der Waals surface area contributed by atoms with Crippen molar-refractivity contribution < 1.29 is 26.7 Å². The van der Waals surface area contributed by atoms with Gasteiger partial charge in [0.1, 0.15) is 11.7 Å². The Bertz CT molecular complexity index is 1250. The van der Waals surface area contributed by atoms with Crippen LogP contribution in [0.4, 0.5) is 27.8 Å². The van der Waals surface area contributed by atoms with E-state index in [1.54, 1.807) is 6.08 Å². The maximum absolute atomic E-state index is 14.7. The van der Waals surface area contributed by atoms with Crippen LogP contribution in [-0.2, 0) is 17.9 Å². The van der Waals surface area contributed by atoms with Crippen LogP contribution in [0, 0.1) is 0 Å². The Labute approximate surface area is 217 Å². The zero-order valence-corrected chi connectivity index (χ0v) is 20.9. The number of likely N-dealkylation sites (N-methyl/N-ethyl adjacent to an activating group) is 1. The summed E-state index contributed by atoms with van der Waals surface area (Å²) in [5, 5.41) is 4.58. The third kappa shape index (κ3) is 7.92. The molecule has 0 unspecified atom stereocenters. The summed E-state index contributed by atoms with van der Waals surface area (Å²) in [7, 11) is 1.51. The fourth-order valence-electron chi connectivity index (χ4n) is 3.26. The summed E-state index contributed by atoms with van der Waals surface area (Å²) in [6, 6.07) is 2.91. The lowest BCUT2D eigenvalue weighted by Crippen LogP contribution is -2.40. The number of alkyl halides is 5. The highest BCUT2D eigenvalue weighted by atomic mass is 35.5. The molecule has 15 heteroatoms. The minimum Gasteiger partial charge on any atom is -0.369 e. The molecule has 1 amide bonds. The Morgan fingerprint density at radius 1 is 1.24 bits per heavy atom. The number of nitrogens with one attached hydrogen (secondary N) is 2. The fourth-order valence-corrected chi connectivity index (χ4v) is 4.23. The molecule has 200 valence electrons. The van der Waals surface area contributed by atoms with Gasteiger partial charge in [0.25, 0.3) is 5.56 Å². The number of anilines is 1. The summed E-state index contributed by atoms with van der Waals surface area (Å²) in [5.41, 5.74) is -0.929. The first-order valence-electron chi connectivity index (χ1n) is 10.7. The molecule has 0 aromatic carbocycles. The molecule has 1 aliphatic rings. The maximum Gasteiger partial charge on any atom is 0.398 e. The summed E-state index contributed by atoms with van der Waals surface area (Å²) >= 11 is 6.53. The van der Waals surface area contributed by atoms with Gasteiger partial charge in [0.15, 0.2) is 5.82 Å². The lowest BCUT2D eigenvalue weighted by Gasteiger charge is -2.30. The van der Waals surface area contributed by atoms with Gasteiger partial charge in [0, 0.05) is 24.7 Å². The van der Waals surface area contributed by atoms with E-state index >= 15 is 0 Å². The number of hydrogen-bond donors (Lipinski definition) is 2. The molecule has 8 nitrogen and oxygen atoms in total. The molecule has 2 aromatic rings. The molecule has 2 N–H and O–H groups in total. The van der Waals surface area contributed by atoms with Crippen LogP contribution in [0.3, 0.4) is 0 Å². The Morgan fingerprint density at radius 2 is 2.00 bits per heavy atom. The molecule has 0 radical (unpaired) electrons. The molecular formula is C22H22ClF5N6O2S. The number of rotatable bonds is 10. The molecule has 0 saturated carbocycles. The standard InChI is InChI=1S/C22H22ClF5N6O2S/c1-33-8-3-2-6-16(33)21(24,25)12-32-19-20(36)34(17(23)10-31-19)11-18(35)30-9-14-15(5-4-7-29-14)37-13-22(26,27)28/h2-7,10H,8-9,11-13H2,1H3,(H,30,35)(H,31,32). The van der Waals surface area contributed by atoms with Gasteiger partial charge in [0.05, 0.1) is 36.4 Å². The molecule has 0 bridgehead atoms. The monoisotopic (exact) mass is 564 g/mol. The van der Waals surface area contributed by atoms with Gasteiger partial charge < -0.3 is 15.5 Å². The van der Waals surface area contributed by atoms with Crippen molar-refractivity contribution in [3.63, 3.8) is 0 Å². The average Bonchev–Trinajstić information content (AvgIpc) is 2.83. The van der Waals surface area contributed by atoms with Gasteiger partial charge in [0.2, 0.25) is 5.91 Å². The summed E-state index contributed by atoms with van der Waals surface area (Å²) in [6.45, 7) is -1.40. The number of allylic oxidation sites excluding steroid dienone is 2. The topological polar surface area (TPSA) is 92.2 Å². The molecular weight excluding hydrogens is 543 g/mol. The van der Waals surface area contributed by atoms with E-state index in [1.165, 1.54) is 42.4 Å². The second-order valence-electron chi connectivity index (χ2n) is 7.87. The summed E-state index contributed by atoms with van der Waals surface area (Å²) in [6.07, 6.45) is 2.53. The zero-order valence-electron chi connectivity index (χ0n) is 19.4. The highest BCUT2D eigenvalue weighted by Crippen LogP contribution is 2.29. The van der Waals surface area contributed by atoms with Crippen LogP contribution in [-0.4, -0.2) is 63.3 Å². The Kier molecular flexibility index (Phi) is 9.18. The molecule has 1 aliphatic heterocycles. The minimum absolute atomic E-state index is 0.203. The molecule has 0 aliphatic carbocycles. The Morgan fingerprint density at radius 3 is 2.70 bits per heavy atom. The normalized spacial score (nSPS) is 13.9. The van der Waals surface area contributed by atoms with Crippen molar-refractivity contribution in [2.45, 2.75) is 30.1 Å². The van der Waals surface area contributed by atoms with Gasteiger partial charge >= 0.3 is 12.1 Å². The predicted octanol–water partition coefficient (Wildman–Crippen LogP) is 3.70. The Balaban J connectivity index is 1.65. The van der Waals surface area contributed by atoms with Gasteiger partial charge in [-0.15, -0.1) is 11.8 Å². The highest BCUT2D eigenvalue weighted by molar-refractivity contribution is 7.99. The van der Waals surface area contributed by atoms with Crippen molar-refractivity contribution >= 4 is 35.1 Å². The van der Waals surface area contributed by atoms with Gasteiger partial charge in [-0.2, -0.15) is 22.0 Å². The van der Waals surface area contributed by atoms with E-state index in [-0.39, 0.29) is 28.0 Å². The van der Waals surface area contributed by atoms with Crippen molar-refractivity contribution in [1.82, 2.24) is 24.8 Å². The third-order valence-corrected chi connectivity index (χ3v) is 6.49. The summed E-state index contributed by atoms with van der Waals surface area (Å²) in [5.74, 6) is -5.58. The van der Waals surface area contributed by atoms with E-state index in [2.05, 4.69) is 20.6 Å². The number of pyridine rings is 1. The number of amides is 1. The van der Waals surface area contributed by atoms with Crippen molar-refractivity contribution in [3.05, 3.63) is 69.7 Å². The second-order valence-corrected chi connectivity index (χ2v) is 9.27. The first-order chi connectivity index (χ1) is 17.4. The largest absolute Gasteiger partial charge is 0.398 e. The lowest BCUT2D eigenvalue weighted by molar-refractivity contribution is -0.122. The average molecular weight is 565 g/mol. The molecule has 0 saturated heterocycles. The van der Waals surface area contributed by atoms with E-state index in [1.807, 2.05) is 0 Å². The molecule has 2 aromatic heterocycles. The number of carbonyl (C=O) groups is 1. The minimum atomic E-state index is -4.38. The number of aromatic nitrogens is 3. The molecule has 37 heavy (non-hydrogen) atoms. The number of halogens is 6. The van der Waals surface area contributed by atoms with Gasteiger partial charge in [-0.05, 0) is 18.2 Å². The summed E-state index contributed by atoms with van der Waals surface area (Å²) < 4.78 is 67.9. The van der Waals surface area contributed by atoms with Gasteiger partial charge in [-0.25, -0.2) is 4.98 Å². The van der Waals surface area contributed by atoms with Gasteiger partial charge in [-0.3, -0.25) is 19.1 Å². The van der Waals surface area contributed by atoms with Crippen LogP contribution in [0.5, 0.6) is 0 Å². The second kappa shape index (κ2) is 11.9. The number of hydrogen-bond acceptors (Lipinski definition) is 7. The van der Waals surface area contributed by atoms with Gasteiger partial charge in [-0.1, -0.05) is 23.8 Å². The van der Waals surface area contributed by atoms with E-state index < -0.39 is 48.2 Å². The lowest BCUT2D eigenvalue weighted by atomic mass is 10.1. The van der Waals surface area contributed by atoms with E-state index in [0.717, 1.165) is 10.8 Å². The van der Waals surface area contributed by atoms with Crippen LogP contribution in [0.25, 0.3) is 0 Å². The van der Waals surface area contributed by atoms with Crippen LogP contribution >= 0.6 is 23.4 Å². The van der Waals surface area contributed by atoms with E-state index in [9.17, 15) is 31.5 Å². The van der Waals surface area contributed by atoms with Crippen LogP contribution in [0.15, 0.2) is 58.1 Å². The first kappa shape index (κ1) is 28.4. The fraction of sp³-hybridized carbons (Fsp3) is 0.364. The van der Waals surface area contributed by atoms with E-state index in [0.29, 0.717) is 18.3 Å². The smallest absolute Gasteiger partial charge is 0.369 e. The Hall–Kier alpha value is -3.13. The molecule has 0 fully saturated rings. The van der Waals surface area contributed by atoms with Crippen molar-refractivity contribution in [1.29, 1.82) is 0 Å². The van der Waals surface area contributed by atoms with Crippen LogP contribution < -0.4 is 16.2 Å².